The van der Waals surface area contributed by atoms with Crippen molar-refractivity contribution in [2.75, 3.05) is 17.2 Å². The van der Waals surface area contributed by atoms with Crippen LogP contribution in [0, 0.1) is 10.1 Å². The molecule has 8 nitrogen and oxygen atoms in total. The summed E-state index contributed by atoms with van der Waals surface area (Å²) in [5.41, 5.74) is 0.767. The van der Waals surface area contributed by atoms with Crippen molar-refractivity contribution in [1.29, 1.82) is 0 Å². The number of para-hydroxylation sites is 2. The number of benzene rings is 3. The van der Waals surface area contributed by atoms with Gasteiger partial charge in [-0.25, -0.2) is 0 Å². The normalized spacial score (nSPS) is 10.2. The maximum absolute atomic E-state index is 12.5. The van der Waals surface area contributed by atoms with Crippen LogP contribution in [-0.4, -0.2) is 23.3 Å². The molecule has 30 heavy (non-hydrogen) atoms. The predicted molar refractivity (Wildman–Crippen MR) is 113 cm³/mol. The van der Waals surface area contributed by atoms with E-state index in [2.05, 4.69) is 10.6 Å². The second-order valence-corrected chi connectivity index (χ2v) is 6.48. The first-order valence-corrected chi connectivity index (χ1v) is 9.14. The Bertz CT molecular complexity index is 1090. The SMILES string of the molecule is O=C(COc1ccccc1C(=O)Nc1ccccc1)Nc1ccc(Cl)c([N+](=O)[O-])c1. The fraction of sp³-hybridized carbons (Fsp3) is 0.0476. The highest BCUT2D eigenvalue weighted by Gasteiger charge is 2.16. The van der Waals surface area contributed by atoms with Crippen LogP contribution >= 0.6 is 11.6 Å². The van der Waals surface area contributed by atoms with E-state index in [-0.39, 0.29) is 33.6 Å². The molecule has 0 aromatic heterocycles. The number of hydrogen-bond acceptors (Lipinski definition) is 5. The lowest BCUT2D eigenvalue weighted by Gasteiger charge is -2.12. The van der Waals surface area contributed by atoms with Crippen LogP contribution in [0.2, 0.25) is 5.02 Å². The van der Waals surface area contributed by atoms with Crippen LogP contribution in [0.4, 0.5) is 17.1 Å². The molecule has 0 aliphatic rings. The van der Waals surface area contributed by atoms with Crippen molar-refractivity contribution in [3.8, 4) is 5.75 Å². The first-order chi connectivity index (χ1) is 14.4. The smallest absolute Gasteiger partial charge is 0.289 e. The molecule has 3 aromatic rings. The number of nitro groups is 1. The van der Waals surface area contributed by atoms with Crippen LogP contribution < -0.4 is 15.4 Å². The Labute approximate surface area is 176 Å². The number of carbonyl (C=O) groups is 2. The third-order valence-corrected chi connectivity index (χ3v) is 4.27. The van der Waals surface area contributed by atoms with Crippen molar-refractivity contribution < 1.29 is 19.2 Å². The first-order valence-electron chi connectivity index (χ1n) is 8.76. The molecule has 0 fully saturated rings. The Hall–Kier alpha value is -3.91. The number of rotatable bonds is 7. The lowest BCUT2D eigenvalue weighted by Crippen LogP contribution is -2.21. The first kappa shape index (κ1) is 20.8. The molecule has 0 aliphatic heterocycles. The van der Waals surface area contributed by atoms with E-state index in [1.54, 1.807) is 48.5 Å². The van der Waals surface area contributed by atoms with Gasteiger partial charge >= 0.3 is 0 Å². The summed E-state index contributed by atoms with van der Waals surface area (Å²) in [7, 11) is 0. The molecule has 9 heteroatoms. The van der Waals surface area contributed by atoms with Gasteiger partial charge in [0.1, 0.15) is 10.8 Å². The van der Waals surface area contributed by atoms with Gasteiger partial charge < -0.3 is 15.4 Å². The number of nitro benzene ring substituents is 1. The molecule has 152 valence electrons. The number of nitrogens with one attached hydrogen (secondary N) is 2. The van der Waals surface area contributed by atoms with E-state index in [1.807, 2.05) is 6.07 Å². The van der Waals surface area contributed by atoms with Gasteiger partial charge in [-0.1, -0.05) is 41.9 Å². The number of carbonyl (C=O) groups excluding carboxylic acids is 2. The van der Waals surface area contributed by atoms with Crippen molar-refractivity contribution >= 4 is 40.5 Å². The van der Waals surface area contributed by atoms with Crippen molar-refractivity contribution in [2.24, 2.45) is 0 Å². The number of hydrogen-bond donors (Lipinski definition) is 2. The molecule has 0 spiro atoms. The van der Waals surface area contributed by atoms with E-state index >= 15 is 0 Å². The van der Waals surface area contributed by atoms with Gasteiger partial charge in [0.05, 0.1) is 10.5 Å². The standard InChI is InChI=1S/C21H16ClN3O5/c22-17-11-10-15(12-18(17)25(28)29)23-20(26)13-30-19-9-5-4-8-16(19)21(27)24-14-6-2-1-3-7-14/h1-12H,13H2,(H,23,26)(H,24,27). The van der Waals surface area contributed by atoms with E-state index in [1.165, 1.54) is 12.1 Å². The molecule has 0 unspecified atom stereocenters. The van der Waals surface area contributed by atoms with Crippen LogP contribution in [0.5, 0.6) is 5.75 Å². The van der Waals surface area contributed by atoms with Gasteiger partial charge in [0.2, 0.25) is 0 Å². The Morgan fingerprint density at radius 1 is 0.933 bits per heavy atom. The topological polar surface area (TPSA) is 111 Å². The zero-order chi connectivity index (χ0) is 21.5. The highest BCUT2D eigenvalue weighted by atomic mass is 35.5. The summed E-state index contributed by atoms with van der Waals surface area (Å²) in [6.07, 6.45) is 0. The molecule has 2 N–H and O–H groups in total. The Balaban J connectivity index is 1.65. The summed E-state index contributed by atoms with van der Waals surface area (Å²) >= 11 is 5.76. The third kappa shape index (κ3) is 5.33. The number of amides is 2. The van der Waals surface area contributed by atoms with Gasteiger partial charge in [-0.2, -0.15) is 0 Å². The average molecular weight is 426 g/mol. The van der Waals surface area contributed by atoms with Crippen molar-refractivity contribution in [2.45, 2.75) is 0 Å². The fourth-order valence-corrected chi connectivity index (χ4v) is 2.76. The average Bonchev–Trinajstić information content (AvgIpc) is 2.74. The van der Waals surface area contributed by atoms with Crippen LogP contribution in [0.25, 0.3) is 0 Å². The number of anilines is 2. The summed E-state index contributed by atoms with van der Waals surface area (Å²) in [5.74, 6) is -0.710. The third-order valence-electron chi connectivity index (χ3n) is 3.95. The number of nitrogens with zero attached hydrogens (tertiary/aromatic N) is 1. The highest BCUT2D eigenvalue weighted by molar-refractivity contribution is 6.32. The summed E-state index contributed by atoms with van der Waals surface area (Å²) in [5, 5.41) is 16.2. The molecule has 2 amide bonds. The van der Waals surface area contributed by atoms with E-state index < -0.39 is 17.4 Å². The summed E-state index contributed by atoms with van der Waals surface area (Å²) < 4.78 is 5.50. The summed E-state index contributed by atoms with van der Waals surface area (Å²) in [6, 6.07) is 19.3. The molecule has 0 radical (unpaired) electrons. The van der Waals surface area contributed by atoms with E-state index in [0.717, 1.165) is 6.07 Å². The van der Waals surface area contributed by atoms with Gasteiger partial charge in [0, 0.05) is 17.4 Å². The maximum atomic E-state index is 12.5. The molecule has 0 saturated heterocycles. The zero-order valence-corrected chi connectivity index (χ0v) is 16.3. The van der Waals surface area contributed by atoms with Gasteiger partial charge in [-0.05, 0) is 36.4 Å². The molecule has 0 heterocycles. The van der Waals surface area contributed by atoms with Gasteiger partial charge in [-0.15, -0.1) is 0 Å². The molecule has 0 aliphatic carbocycles. The largest absolute Gasteiger partial charge is 0.483 e. The molecule has 0 bridgehead atoms. The number of ether oxygens (including phenoxy) is 1. The molecule has 0 atom stereocenters. The Morgan fingerprint density at radius 3 is 2.37 bits per heavy atom. The van der Waals surface area contributed by atoms with Gasteiger partial charge in [-0.3, -0.25) is 19.7 Å². The molecular formula is C21H16ClN3O5. The van der Waals surface area contributed by atoms with Crippen molar-refractivity contribution in [1.82, 2.24) is 0 Å². The monoisotopic (exact) mass is 425 g/mol. The second-order valence-electron chi connectivity index (χ2n) is 6.08. The Kier molecular flexibility index (Phi) is 6.61. The maximum Gasteiger partial charge on any atom is 0.289 e. The van der Waals surface area contributed by atoms with Crippen LogP contribution in [-0.2, 0) is 4.79 Å². The molecular weight excluding hydrogens is 410 g/mol. The fourth-order valence-electron chi connectivity index (χ4n) is 2.57. The minimum Gasteiger partial charge on any atom is -0.483 e. The molecule has 0 saturated carbocycles. The lowest BCUT2D eigenvalue weighted by molar-refractivity contribution is -0.384. The quantitative estimate of drug-likeness (QED) is 0.427. The minimum atomic E-state index is -0.643. The molecule has 3 aromatic carbocycles. The lowest BCUT2D eigenvalue weighted by atomic mass is 10.2. The van der Waals surface area contributed by atoms with Crippen LogP contribution in [0.15, 0.2) is 72.8 Å². The van der Waals surface area contributed by atoms with Gasteiger partial charge in [0.15, 0.2) is 6.61 Å². The number of halogens is 1. The summed E-state index contributed by atoms with van der Waals surface area (Å²) in [4.78, 5) is 35.0. The Morgan fingerprint density at radius 2 is 1.63 bits per heavy atom. The minimum absolute atomic E-state index is 0.0346. The van der Waals surface area contributed by atoms with Crippen LogP contribution in [0.3, 0.4) is 0 Å². The van der Waals surface area contributed by atoms with E-state index in [9.17, 15) is 19.7 Å². The van der Waals surface area contributed by atoms with E-state index in [0.29, 0.717) is 5.69 Å². The summed E-state index contributed by atoms with van der Waals surface area (Å²) in [6.45, 7) is -0.397. The second kappa shape index (κ2) is 9.53. The van der Waals surface area contributed by atoms with Crippen molar-refractivity contribution in [3.63, 3.8) is 0 Å². The molecule has 3 rings (SSSR count). The predicted octanol–water partition coefficient (Wildman–Crippen LogP) is 4.52. The zero-order valence-electron chi connectivity index (χ0n) is 15.5. The van der Waals surface area contributed by atoms with Crippen molar-refractivity contribution in [3.05, 3.63) is 93.5 Å². The van der Waals surface area contributed by atoms with E-state index in [4.69, 9.17) is 16.3 Å². The highest BCUT2D eigenvalue weighted by Crippen LogP contribution is 2.27. The van der Waals surface area contributed by atoms with Crippen LogP contribution in [0.1, 0.15) is 10.4 Å². The van der Waals surface area contributed by atoms with Gasteiger partial charge in [0.25, 0.3) is 17.5 Å².